The van der Waals surface area contributed by atoms with Crippen LogP contribution in [0.25, 0.3) is 10.6 Å². The van der Waals surface area contributed by atoms with Crippen LogP contribution in [-0.2, 0) is 17.3 Å². The summed E-state index contributed by atoms with van der Waals surface area (Å²) >= 11 is 1.50. The SMILES string of the molecule is CC(=O)Nc1cc(Nc2cc(C)nc(C(C)(F)F)n2)c(-c2ncc(CN(C)C)s2)cn1. The Hall–Kier alpha value is -3.05. The summed E-state index contributed by atoms with van der Waals surface area (Å²) in [5.74, 6) is -3.51. The molecular formula is C20H23F2N7OS. The number of pyridine rings is 1. The summed E-state index contributed by atoms with van der Waals surface area (Å²) in [5.41, 5.74) is 1.58. The molecule has 11 heteroatoms. The highest BCUT2D eigenvalue weighted by atomic mass is 32.1. The Balaban J connectivity index is 2.03. The number of aryl methyl sites for hydroxylation is 1. The molecule has 0 aliphatic carbocycles. The lowest BCUT2D eigenvalue weighted by molar-refractivity contribution is -0.114. The third-order valence-electron chi connectivity index (χ3n) is 3.97. The van der Waals surface area contributed by atoms with E-state index in [4.69, 9.17) is 0 Å². The Morgan fingerprint density at radius 2 is 1.90 bits per heavy atom. The fourth-order valence-electron chi connectivity index (χ4n) is 2.76. The van der Waals surface area contributed by atoms with E-state index >= 15 is 0 Å². The fraction of sp³-hybridized carbons (Fsp3) is 0.350. The van der Waals surface area contributed by atoms with Crippen molar-refractivity contribution in [3.8, 4) is 10.6 Å². The van der Waals surface area contributed by atoms with Crippen LogP contribution in [0.15, 0.2) is 24.5 Å². The van der Waals surface area contributed by atoms with Gasteiger partial charge in [0.15, 0.2) is 0 Å². The number of thiazole rings is 1. The zero-order valence-corrected chi connectivity index (χ0v) is 18.6. The van der Waals surface area contributed by atoms with Gasteiger partial charge >= 0.3 is 5.92 Å². The van der Waals surface area contributed by atoms with Gasteiger partial charge in [-0.05, 0) is 21.0 Å². The number of aromatic nitrogens is 4. The quantitative estimate of drug-likeness (QED) is 0.561. The van der Waals surface area contributed by atoms with Crippen molar-refractivity contribution in [1.82, 2.24) is 24.8 Å². The standard InChI is InChI=1S/C20H23F2N7OS/c1-11-6-17(28-19(25-11)20(3,21)22)27-15-7-16(26-12(2)30)23-9-14(15)18-24-8-13(31-18)10-29(4)5/h6-9H,10H2,1-5H3,(H2,23,25,26,27,28,30). The van der Waals surface area contributed by atoms with Crippen LogP contribution in [-0.4, -0.2) is 44.8 Å². The molecule has 0 atom stereocenters. The molecule has 3 rings (SSSR count). The molecule has 31 heavy (non-hydrogen) atoms. The van der Waals surface area contributed by atoms with E-state index in [9.17, 15) is 13.6 Å². The van der Waals surface area contributed by atoms with Crippen molar-refractivity contribution >= 4 is 34.6 Å². The first-order chi connectivity index (χ1) is 14.5. The molecule has 0 saturated carbocycles. The van der Waals surface area contributed by atoms with Gasteiger partial charge in [0.1, 0.15) is 16.6 Å². The number of halogens is 2. The number of alkyl halides is 2. The molecule has 0 saturated heterocycles. The van der Waals surface area contributed by atoms with E-state index in [-0.39, 0.29) is 11.7 Å². The Morgan fingerprint density at radius 3 is 2.55 bits per heavy atom. The number of carbonyl (C=O) groups excluding carboxylic acids is 1. The number of carbonyl (C=O) groups is 1. The van der Waals surface area contributed by atoms with Gasteiger partial charge in [-0.2, -0.15) is 8.78 Å². The van der Waals surface area contributed by atoms with E-state index < -0.39 is 11.7 Å². The van der Waals surface area contributed by atoms with Gasteiger partial charge in [-0.1, -0.05) is 0 Å². The maximum Gasteiger partial charge on any atom is 0.303 e. The molecule has 0 aliphatic heterocycles. The van der Waals surface area contributed by atoms with Crippen molar-refractivity contribution in [2.24, 2.45) is 0 Å². The molecule has 164 valence electrons. The largest absolute Gasteiger partial charge is 0.339 e. The number of hydrogen-bond donors (Lipinski definition) is 2. The summed E-state index contributed by atoms with van der Waals surface area (Å²) in [7, 11) is 3.93. The third kappa shape index (κ3) is 5.98. The number of nitrogens with zero attached hydrogens (tertiary/aromatic N) is 5. The maximum absolute atomic E-state index is 13.8. The van der Waals surface area contributed by atoms with Gasteiger partial charge in [-0.15, -0.1) is 11.3 Å². The smallest absolute Gasteiger partial charge is 0.303 e. The Labute approximate surface area is 182 Å². The summed E-state index contributed by atoms with van der Waals surface area (Å²) in [4.78, 5) is 31.1. The first kappa shape index (κ1) is 22.6. The van der Waals surface area contributed by atoms with E-state index in [0.717, 1.165) is 18.3 Å². The first-order valence-electron chi connectivity index (χ1n) is 9.39. The highest BCUT2D eigenvalue weighted by molar-refractivity contribution is 7.15. The summed E-state index contributed by atoms with van der Waals surface area (Å²) in [6.45, 7) is 4.48. The zero-order chi connectivity index (χ0) is 22.8. The van der Waals surface area contributed by atoms with Crippen LogP contribution < -0.4 is 10.6 Å². The third-order valence-corrected chi connectivity index (χ3v) is 4.99. The number of nitrogens with one attached hydrogen (secondary N) is 2. The lowest BCUT2D eigenvalue weighted by Crippen LogP contribution is -2.14. The summed E-state index contributed by atoms with van der Waals surface area (Å²) in [6, 6.07) is 3.18. The molecule has 0 aromatic carbocycles. The Bertz CT molecular complexity index is 1100. The number of amides is 1. The van der Waals surface area contributed by atoms with E-state index in [1.54, 1.807) is 31.5 Å². The molecule has 0 aliphatic rings. The van der Waals surface area contributed by atoms with Crippen LogP contribution in [0.2, 0.25) is 0 Å². The maximum atomic E-state index is 13.8. The molecule has 8 nitrogen and oxygen atoms in total. The molecule has 1 amide bonds. The lowest BCUT2D eigenvalue weighted by atomic mass is 10.2. The number of anilines is 3. The van der Waals surface area contributed by atoms with Gasteiger partial charge in [0, 0.05) is 55.5 Å². The Kier molecular flexibility index (Phi) is 6.56. The highest BCUT2D eigenvalue weighted by Gasteiger charge is 2.29. The second-order valence-electron chi connectivity index (χ2n) is 7.40. The van der Waals surface area contributed by atoms with Crippen LogP contribution in [0.4, 0.5) is 26.1 Å². The second kappa shape index (κ2) is 8.98. The molecule has 0 radical (unpaired) electrons. The first-order valence-corrected chi connectivity index (χ1v) is 10.2. The predicted octanol–water partition coefficient (Wildman–Crippen LogP) is 4.18. The zero-order valence-electron chi connectivity index (χ0n) is 17.8. The van der Waals surface area contributed by atoms with E-state index in [1.807, 2.05) is 19.0 Å². The minimum atomic E-state index is -3.18. The molecule has 0 spiro atoms. The van der Waals surface area contributed by atoms with Crippen molar-refractivity contribution in [3.05, 3.63) is 40.9 Å². The summed E-state index contributed by atoms with van der Waals surface area (Å²) < 4.78 is 27.6. The van der Waals surface area contributed by atoms with Crippen molar-refractivity contribution in [3.63, 3.8) is 0 Å². The van der Waals surface area contributed by atoms with Crippen LogP contribution in [0, 0.1) is 6.92 Å². The number of rotatable bonds is 7. The van der Waals surface area contributed by atoms with Gasteiger partial charge < -0.3 is 15.5 Å². The highest BCUT2D eigenvalue weighted by Crippen LogP contribution is 2.35. The number of hydrogen-bond acceptors (Lipinski definition) is 8. The molecule has 0 unspecified atom stereocenters. The van der Waals surface area contributed by atoms with E-state index in [0.29, 0.717) is 27.8 Å². The summed E-state index contributed by atoms with van der Waals surface area (Å²) in [6.07, 6.45) is 3.37. The second-order valence-corrected chi connectivity index (χ2v) is 8.51. The van der Waals surface area contributed by atoms with Gasteiger partial charge in [-0.25, -0.2) is 19.9 Å². The van der Waals surface area contributed by atoms with Crippen LogP contribution in [0.5, 0.6) is 0 Å². The minimum Gasteiger partial charge on any atom is -0.339 e. The Morgan fingerprint density at radius 1 is 1.16 bits per heavy atom. The predicted molar refractivity (Wildman–Crippen MR) is 117 cm³/mol. The van der Waals surface area contributed by atoms with E-state index in [1.165, 1.54) is 18.3 Å². The monoisotopic (exact) mass is 447 g/mol. The van der Waals surface area contributed by atoms with Crippen molar-refractivity contribution < 1.29 is 13.6 Å². The molecule has 3 aromatic rings. The fourth-order valence-corrected chi connectivity index (χ4v) is 3.82. The van der Waals surface area contributed by atoms with Crippen LogP contribution in [0.3, 0.4) is 0 Å². The van der Waals surface area contributed by atoms with Gasteiger partial charge in [-0.3, -0.25) is 4.79 Å². The average molecular weight is 448 g/mol. The molecule has 2 N–H and O–H groups in total. The van der Waals surface area contributed by atoms with Gasteiger partial charge in [0.05, 0.1) is 11.3 Å². The molecular weight excluding hydrogens is 424 g/mol. The van der Waals surface area contributed by atoms with Gasteiger partial charge in [0.25, 0.3) is 0 Å². The van der Waals surface area contributed by atoms with Crippen molar-refractivity contribution in [1.29, 1.82) is 0 Å². The summed E-state index contributed by atoms with van der Waals surface area (Å²) in [5, 5.41) is 6.39. The molecule has 0 bridgehead atoms. The molecule has 3 aromatic heterocycles. The minimum absolute atomic E-state index is 0.204. The van der Waals surface area contributed by atoms with Crippen LogP contribution in [0.1, 0.15) is 30.2 Å². The lowest BCUT2D eigenvalue weighted by Gasteiger charge is -2.15. The van der Waals surface area contributed by atoms with Crippen molar-refractivity contribution in [2.75, 3.05) is 24.7 Å². The topological polar surface area (TPSA) is 95.9 Å². The van der Waals surface area contributed by atoms with E-state index in [2.05, 4.69) is 30.6 Å². The van der Waals surface area contributed by atoms with Crippen molar-refractivity contribution in [2.45, 2.75) is 33.2 Å². The molecule has 3 heterocycles. The average Bonchev–Trinajstić information content (AvgIpc) is 3.07. The molecule has 0 fully saturated rings. The normalized spacial score (nSPS) is 11.6. The van der Waals surface area contributed by atoms with Gasteiger partial charge in [0.2, 0.25) is 11.7 Å². The van der Waals surface area contributed by atoms with Crippen LogP contribution >= 0.6 is 11.3 Å².